The summed E-state index contributed by atoms with van der Waals surface area (Å²) in [6, 6.07) is 6.97. The minimum atomic E-state index is -3.49. The zero-order valence-electron chi connectivity index (χ0n) is 9.74. The number of nitrogens with zero attached hydrogens (tertiary/aromatic N) is 2. The number of hydrogen-bond donors (Lipinski definition) is 0. The quantitative estimate of drug-likeness (QED) is 0.749. The van der Waals surface area contributed by atoms with E-state index in [-0.39, 0.29) is 18.7 Å². The smallest absolute Gasteiger partial charge is 0.264 e. The third kappa shape index (κ3) is 2.93. The molecule has 1 aromatic carbocycles. The van der Waals surface area contributed by atoms with Crippen molar-refractivity contribution in [2.24, 2.45) is 0 Å². The van der Waals surface area contributed by atoms with Crippen LogP contribution in [-0.2, 0) is 20.8 Å². The maximum atomic E-state index is 12.0. The van der Waals surface area contributed by atoms with Gasteiger partial charge < -0.3 is 0 Å². The number of fused-ring (bicyclic) bond motifs is 1. The Labute approximate surface area is 104 Å². The lowest BCUT2D eigenvalue weighted by atomic mass is 10.2. The molecular weight excluding hydrogens is 256 g/mol. The van der Waals surface area contributed by atoms with Crippen molar-refractivity contribution in [1.29, 1.82) is 0 Å². The van der Waals surface area contributed by atoms with Gasteiger partial charge in [0, 0.05) is 0 Å². The summed E-state index contributed by atoms with van der Waals surface area (Å²) in [5, 5.41) is 0.499. The number of benzene rings is 1. The monoisotopic (exact) mass is 268 g/mol. The first-order valence-electron chi connectivity index (χ1n) is 5.26. The molecule has 2 aromatic rings. The van der Waals surface area contributed by atoms with Gasteiger partial charge in [0.05, 0.1) is 36.6 Å². The van der Waals surface area contributed by atoms with Gasteiger partial charge in [-0.1, -0.05) is 12.1 Å². The molecule has 1 aromatic heterocycles. The second-order valence-corrected chi connectivity index (χ2v) is 5.43. The predicted octanol–water partition coefficient (Wildman–Crippen LogP) is 0.373. The van der Waals surface area contributed by atoms with E-state index in [9.17, 15) is 13.2 Å². The van der Waals surface area contributed by atoms with Crippen LogP contribution in [0, 0.1) is 0 Å². The van der Waals surface area contributed by atoms with Gasteiger partial charge in [0.15, 0.2) is 0 Å². The van der Waals surface area contributed by atoms with E-state index >= 15 is 0 Å². The summed E-state index contributed by atoms with van der Waals surface area (Å²) in [5.41, 5.74) is 0.403. The van der Waals surface area contributed by atoms with E-state index in [1.165, 1.54) is 10.9 Å². The van der Waals surface area contributed by atoms with E-state index in [0.29, 0.717) is 10.9 Å². The van der Waals surface area contributed by atoms with Gasteiger partial charge in [-0.15, -0.1) is 0 Å². The van der Waals surface area contributed by atoms with Gasteiger partial charge in [-0.05, 0) is 12.1 Å². The van der Waals surface area contributed by atoms with Crippen LogP contribution < -0.4 is 5.56 Å². The highest BCUT2D eigenvalue weighted by molar-refractivity contribution is 7.85. The van der Waals surface area contributed by atoms with Crippen LogP contribution in [-0.4, -0.2) is 30.8 Å². The first-order chi connectivity index (χ1) is 8.47. The molecule has 0 atom stereocenters. The summed E-state index contributed by atoms with van der Waals surface area (Å²) < 4.78 is 27.5. The Morgan fingerprint density at radius 1 is 1.33 bits per heavy atom. The zero-order valence-corrected chi connectivity index (χ0v) is 10.6. The fourth-order valence-corrected chi connectivity index (χ4v) is 1.93. The molecule has 0 fully saturated rings. The van der Waals surface area contributed by atoms with Gasteiger partial charge >= 0.3 is 0 Å². The van der Waals surface area contributed by atoms with Crippen molar-refractivity contribution in [2.75, 3.05) is 12.9 Å². The van der Waals surface area contributed by atoms with Gasteiger partial charge in [-0.2, -0.15) is 8.42 Å². The summed E-state index contributed by atoms with van der Waals surface area (Å²) in [6.45, 7) is 0.0580. The van der Waals surface area contributed by atoms with Crippen LogP contribution in [0.25, 0.3) is 10.9 Å². The molecule has 0 amide bonds. The van der Waals surface area contributed by atoms with Crippen LogP contribution in [0.15, 0.2) is 35.4 Å². The maximum Gasteiger partial charge on any atom is 0.264 e. The average Bonchev–Trinajstić information content (AvgIpc) is 2.31. The van der Waals surface area contributed by atoms with Crippen molar-refractivity contribution in [3.63, 3.8) is 0 Å². The highest BCUT2D eigenvalue weighted by atomic mass is 32.2. The van der Waals surface area contributed by atoms with E-state index in [1.807, 2.05) is 0 Å². The summed E-state index contributed by atoms with van der Waals surface area (Å²) >= 11 is 0. The van der Waals surface area contributed by atoms with E-state index < -0.39 is 10.1 Å². The first-order valence-corrected chi connectivity index (χ1v) is 7.07. The van der Waals surface area contributed by atoms with Crippen molar-refractivity contribution >= 4 is 21.0 Å². The summed E-state index contributed by atoms with van der Waals surface area (Å²) in [5.74, 6) is 0. The lowest BCUT2D eigenvalue weighted by molar-refractivity contribution is 0.302. The van der Waals surface area contributed by atoms with Crippen molar-refractivity contribution in [3.8, 4) is 0 Å². The van der Waals surface area contributed by atoms with Gasteiger partial charge in [-0.25, -0.2) is 4.98 Å². The Kier molecular flexibility index (Phi) is 3.44. The second kappa shape index (κ2) is 4.87. The minimum Gasteiger partial charge on any atom is -0.296 e. The number of aromatic nitrogens is 2. The molecule has 0 saturated heterocycles. The van der Waals surface area contributed by atoms with Crippen LogP contribution in [0.1, 0.15) is 0 Å². The van der Waals surface area contributed by atoms with Crippen LogP contribution in [0.3, 0.4) is 0 Å². The molecule has 6 nitrogen and oxygen atoms in total. The molecule has 0 N–H and O–H groups in total. The predicted molar refractivity (Wildman–Crippen MR) is 66.8 cm³/mol. The number of rotatable bonds is 4. The molecule has 1 heterocycles. The minimum absolute atomic E-state index is 0.0846. The topological polar surface area (TPSA) is 78.3 Å². The summed E-state index contributed by atoms with van der Waals surface area (Å²) in [6.07, 6.45) is 2.35. The van der Waals surface area contributed by atoms with E-state index in [4.69, 9.17) is 0 Å². The Balaban J connectivity index is 2.25. The summed E-state index contributed by atoms with van der Waals surface area (Å²) in [4.78, 5) is 16.1. The van der Waals surface area contributed by atoms with Gasteiger partial charge in [0.1, 0.15) is 0 Å². The van der Waals surface area contributed by atoms with Crippen LogP contribution in [0.2, 0.25) is 0 Å². The second-order valence-electron chi connectivity index (χ2n) is 3.79. The highest BCUT2D eigenvalue weighted by Crippen LogP contribution is 2.04. The maximum absolute atomic E-state index is 12.0. The van der Waals surface area contributed by atoms with E-state index in [1.54, 1.807) is 24.3 Å². The van der Waals surface area contributed by atoms with Crippen LogP contribution in [0.4, 0.5) is 0 Å². The summed E-state index contributed by atoms with van der Waals surface area (Å²) in [7, 11) is -3.49. The van der Waals surface area contributed by atoms with Crippen molar-refractivity contribution in [1.82, 2.24) is 9.55 Å². The third-order valence-corrected chi connectivity index (χ3v) is 2.96. The molecule has 0 spiro atoms. The Morgan fingerprint density at radius 3 is 2.78 bits per heavy atom. The molecule has 0 aliphatic rings. The molecule has 0 saturated carbocycles. The molecule has 7 heteroatoms. The fraction of sp³-hybridized carbons (Fsp3) is 0.273. The largest absolute Gasteiger partial charge is 0.296 e. The van der Waals surface area contributed by atoms with Crippen LogP contribution >= 0.6 is 0 Å². The van der Waals surface area contributed by atoms with Gasteiger partial charge in [0.2, 0.25) is 0 Å². The third-order valence-electron chi connectivity index (χ3n) is 2.36. The van der Waals surface area contributed by atoms with Crippen LogP contribution in [0.5, 0.6) is 0 Å². The van der Waals surface area contributed by atoms with Gasteiger partial charge in [0.25, 0.3) is 15.7 Å². The van der Waals surface area contributed by atoms with Gasteiger partial charge in [-0.3, -0.25) is 13.5 Å². The molecular formula is C11H12N2O4S. The first kappa shape index (κ1) is 12.7. The Bertz CT molecular complexity index is 721. The molecule has 0 unspecified atom stereocenters. The highest BCUT2D eigenvalue weighted by Gasteiger charge is 2.05. The number of para-hydroxylation sites is 1. The molecule has 0 radical (unpaired) electrons. The molecule has 0 bridgehead atoms. The molecule has 18 heavy (non-hydrogen) atoms. The van der Waals surface area contributed by atoms with Crippen molar-refractivity contribution in [3.05, 3.63) is 40.9 Å². The normalized spacial score (nSPS) is 11.8. The SMILES string of the molecule is CS(=O)(=O)OCCn1cnc2ccccc2c1=O. The Hall–Kier alpha value is -1.73. The number of hydrogen-bond acceptors (Lipinski definition) is 5. The Morgan fingerprint density at radius 2 is 2.06 bits per heavy atom. The van der Waals surface area contributed by atoms with Crippen molar-refractivity contribution < 1.29 is 12.6 Å². The van der Waals surface area contributed by atoms with Crippen molar-refractivity contribution in [2.45, 2.75) is 6.54 Å². The molecule has 96 valence electrons. The average molecular weight is 268 g/mol. The molecule has 0 aliphatic carbocycles. The van der Waals surface area contributed by atoms with E-state index in [2.05, 4.69) is 9.17 Å². The standard InChI is InChI=1S/C11H12N2O4S/c1-18(15,16)17-7-6-13-8-12-10-5-3-2-4-9(10)11(13)14/h2-5,8H,6-7H2,1H3. The van der Waals surface area contributed by atoms with E-state index in [0.717, 1.165) is 6.26 Å². The fourth-order valence-electron chi connectivity index (χ4n) is 1.55. The molecule has 2 rings (SSSR count). The zero-order chi connectivity index (χ0) is 13.2. The lowest BCUT2D eigenvalue weighted by Crippen LogP contribution is -2.23. The lowest BCUT2D eigenvalue weighted by Gasteiger charge is -2.06. The molecule has 0 aliphatic heterocycles.